The lowest BCUT2D eigenvalue weighted by Gasteiger charge is -2.24. The van der Waals surface area contributed by atoms with Gasteiger partial charge in [0, 0.05) is 16.3 Å². The summed E-state index contributed by atoms with van der Waals surface area (Å²) in [7, 11) is 0. The smallest absolute Gasteiger partial charge is 0.0357 e. The average molecular weight is 300 g/mol. The quantitative estimate of drug-likeness (QED) is 0.886. The van der Waals surface area contributed by atoms with Crippen LogP contribution < -0.4 is 5.32 Å². The van der Waals surface area contributed by atoms with Crippen molar-refractivity contribution in [2.24, 2.45) is 5.92 Å². The van der Waals surface area contributed by atoms with Gasteiger partial charge in [-0.2, -0.15) is 11.8 Å². The molecule has 1 aromatic carbocycles. The number of fused-ring (bicyclic) bond motifs is 1. The second kappa shape index (κ2) is 5.56. The van der Waals surface area contributed by atoms with Crippen molar-refractivity contribution in [3.8, 4) is 0 Å². The summed E-state index contributed by atoms with van der Waals surface area (Å²) in [5.74, 6) is 3.06. The van der Waals surface area contributed by atoms with E-state index in [1.54, 1.807) is 0 Å². The molecule has 0 saturated heterocycles. The van der Waals surface area contributed by atoms with Crippen molar-refractivity contribution in [1.82, 2.24) is 5.32 Å². The third kappa shape index (κ3) is 2.47. The highest BCUT2D eigenvalue weighted by Gasteiger charge is 2.25. The van der Waals surface area contributed by atoms with E-state index in [4.69, 9.17) is 0 Å². The van der Waals surface area contributed by atoms with E-state index in [0.29, 0.717) is 12.0 Å². The molecule has 88 valence electrons. The summed E-state index contributed by atoms with van der Waals surface area (Å²) in [6, 6.07) is 7.08. The van der Waals surface area contributed by atoms with Crippen LogP contribution in [-0.2, 0) is 5.75 Å². The highest BCUT2D eigenvalue weighted by atomic mass is 79.9. The predicted molar refractivity (Wildman–Crippen MR) is 75.9 cm³/mol. The summed E-state index contributed by atoms with van der Waals surface area (Å²) >= 11 is 5.71. The second-order valence-electron chi connectivity index (χ2n) is 4.34. The van der Waals surface area contributed by atoms with Gasteiger partial charge >= 0.3 is 0 Å². The standard InChI is InChI=1S/C13H18BrNS/c1-3-15-13-9(2)7-16-8-11-10(13)5-4-6-12(11)14/h4-6,9,13,15H,3,7-8H2,1-2H3. The largest absolute Gasteiger partial charge is 0.310 e. The van der Waals surface area contributed by atoms with E-state index >= 15 is 0 Å². The third-order valence-corrected chi connectivity index (χ3v) is 5.11. The predicted octanol–water partition coefficient (Wildman–Crippen LogP) is 3.98. The minimum absolute atomic E-state index is 0.507. The SMILES string of the molecule is CCNC1c2cccc(Br)c2CSCC1C. The topological polar surface area (TPSA) is 12.0 Å². The highest BCUT2D eigenvalue weighted by Crippen LogP contribution is 2.37. The zero-order valence-corrected chi connectivity index (χ0v) is 12.2. The maximum Gasteiger partial charge on any atom is 0.0357 e. The molecule has 1 aliphatic heterocycles. The average Bonchev–Trinajstić information content (AvgIpc) is 2.42. The Morgan fingerprint density at radius 3 is 3.06 bits per heavy atom. The van der Waals surface area contributed by atoms with Crippen molar-refractivity contribution in [3.05, 3.63) is 33.8 Å². The van der Waals surface area contributed by atoms with Crippen LogP contribution in [0.1, 0.15) is 31.0 Å². The number of thioether (sulfide) groups is 1. The van der Waals surface area contributed by atoms with Crippen molar-refractivity contribution in [1.29, 1.82) is 0 Å². The fourth-order valence-electron chi connectivity index (χ4n) is 2.30. The lowest BCUT2D eigenvalue weighted by atomic mass is 9.93. The summed E-state index contributed by atoms with van der Waals surface area (Å²) in [6.45, 7) is 5.56. The van der Waals surface area contributed by atoms with Crippen LogP contribution in [0.4, 0.5) is 0 Å². The van der Waals surface area contributed by atoms with Gasteiger partial charge < -0.3 is 5.32 Å². The molecule has 1 N–H and O–H groups in total. The zero-order chi connectivity index (χ0) is 11.5. The first kappa shape index (κ1) is 12.5. The van der Waals surface area contributed by atoms with Crippen molar-refractivity contribution in [2.75, 3.05) is 12.3 Å². The Labute approximate surface area is 111 Å². The molecular formula is C13H18BrNS. The van der Waals surface area contributed by atoms with E-state index < -0.39 is 0 Å². The molecule has 1 aromatic rings. The Morgan fingerprint density at radius 1 is 1.50 bits per heavy atom. The number of rotatable bonds is 2. The normalized spacial score (nSPS) is 24.9. The fraction of sp³-hybridized carbons (Fsp3) is 0.538. The maximum absolute atomic E-state index is 3.67. The van der Waals surface area contributed by atoms with Gasteiger partial charge in [-0.3, -0.25) is 0 Å². The van der Waals surface area contributed by atoms with E-state index in [0.717, 1.165) is 12.3 Å². The minimum Gasteiger partial charge on any atom is -0.310 e. The molecule has 2 atom stereocenters. The Hall–Kier alpha value is 0.01000. The van der Waals surface area contributed by atoms with Crippen LogP contribution in [0.2, 0.25) is 0 Å². The van der Waals surface area contributed by atoms with Crippen LogP contribution in [0.3, 0.4) is 0 Å². The van der Waals surface area contributed by atoms with E-state index in [1.165, 1.54) is 21.4 Å². The number of nitrogens with one attached hydrogen (secondary N) is 1. The Bertz CT molecular complexity index is 367. The van der Waals surface area contributed by atoms with Gasteiger partial charge in [0.25, 0.3) is 0 Å². The number of halogens is 1. The molecule has 2 unspecified atom stereocenters. The van der Waals surface area contributed by atoms with Crippen LogP contribution in [-0.4, -0.2) is 12.3 Å². The molecule has 0 aliphatic carbocycles. The van der Waals surface area contributed by atoms with Gasteiger partial charge in [-0.05, 0) is 35.4 Å². The second-order valence-corrected chi connectivity index (χ2v) is 6.22. The molecular weight excluding hydrogens is 282 g/mol. The molecule has 0 bridgehead atoms. The number of hydrogen-bond donors (Lipinski definition) is 1. The molecule has 2 rings (SSSR count). The van der Waals surface area contributed by atoms with Crippen LogP contribution in [0.5, 0.6) is 0 Å². The molecule has 0 amide bonds. The molecule has 0 spiro atoms. The summed E-state index contributed by atoms with van der Waals surface area (Å²) in [4.78, 5) is 0. The molecule has 0 aromatic heterocycles. The van der Waals surface area contributed by atoms with E-state index in [2.05, 4.69) is 53.3 Å². The van der Waals surface area contributed by atoms with Gasteiger partial charge in [0.2, 0.25) is 0 Å². The molecule has 0 saturated carbocycles. The van der Waals surface area contributed by atoms with Crippen molar-refractivity contribution >= 4 is 27.7 Å². The number of hydrogen-bond acceptors (Lipinski definition) is 2. The van der Waals surface area contributed by atoms with Crippen LogP contribution in [0, 0.1) is 5.92 Å². The number of benzene rings is 1. The third-order valence-electron chi connectivity index (χ3n) is 3.11. The first-order valence-electron chi connectivity index (χ1n) is 5.82. The van der Waals surface area contributed by atoms with Gasteiger partial charge in [0.05, 0.1) is 0 Å². The lowest BCUT2D eigenvalue weighted by Crippen LogP contribution is -2.27. The summed E-state index contributed by atoms with van der Waals surface area (Å²) in [5.41, 5.74) is 2.96. The van der Waals surface area contributed by atoms with Gasteiger partial charge in [0.15, 0.2) is 0 Å². The van der Waals surface area contributed by atoms with Gasteiger partial charge in [-0.25, -0.2) is 0 Å². The Morgan fingerprint density at radius 2 is 2.31 bits per heavy atom. The first-order valence-corrected chi connectivity index (χ1v) is 7.77. The van der Waals surface area contributed by atoms with Crippen molar-refractivity contribution < 1.29 is 0 Å². The zero-order valence-electron chi connectivity index (χ0n) is 9.79. The fourth-order valence-corrected chi connectivity index (χ4v) is 4.22. The van der Waals surface area contributed by atoms with Gasteiger partial charge in [-0.15, -0.1) is 0 Å². The van der Waals surface area contributed by atoms with Crippen molar-refractivity contribution in [3.63, 3.8) is 0 Å². The van der Waals surface area contributed by atoms with E-state index in [9.17, 15) is 0 Å². The maximum atomic E-state index is 3.67. The Balaban J connectivity index is 2.41. The Kier molecular flexibility index (Phi) is 4.34. The monoisotopic (exact) mass is 299 g/mol. The molecule has 16 heavy (non-hydrogen) atoms. The molecule has 3 heteroatoms. The highest BCUT2D eigenvalue weighted by molar-refractivity contribution is 9.10. The van der Waals surface area contributed by atoms with Crippen molar-refractivity contribution in [2.45, 2.75) is 25.6 Å². The summed E-state index contributed by atoms with van der Waals surface area (Å²) in [5, 5.41) is 3.62. The molecule has 1 aliphatic rings. The minimum atomic E-state index is 0.507. The lowest BCUT2D eigenvalue weighted by molar-refractivity contribution is 0.428. The van der Waals surface area contributed by atoms with Crippen LogP contribution >= 0.6 is 27.7 Å². The summed E-state index contributed by atoms with van der Waals surface area (Å²) in [6.07, 6.45) is 0. The molecule has 0 fully saturated rings. The van der Waals surface area contributed by atoms with Gasteiger partial charge in [-0.1, -0.05) is 41.9 Å². The van der Waals surface area contributed by atoms with Crippen LogP contribution in [0.15, 0.2) is 22.7 Å². The molecule has 1 nitrogen and oxygen atoms in total. The van der Waals surface area contributed by atoms with Crippen LogP contribution in [0.25, 0.3) is 0 Å². The first-order chi connectivity index (χ1) is 7.74. The summed E-state index contributed by atoms with van der Waals surface area (Å²) < 4.78 is 1.26. The molecule has 0 radical (unpaired) electrons. The molecule has 1 heterocycles. The van der Waals surface area contributed by atoms with Gasteiger partial charge in [0.1, 0.15) is 0 Å². The van der Waals surface area contributed by atoms with E-state index in [1.807, 2.05) is 11.8 Å². The van der Waals surface area contributed by atoms with E-state index in [-0.39, 0.29) is 0 Å².